The second-order valence-corrected chi connectivity index (χ2v) is 7.75. The molecule has 0 amide bonds. The summed E-state index contributed by atoms with van der Waals surface area (Å²) >= 11 is 0. The summed E-state index contributed by atoms with van der Waals surface area (Å²) in [4.78, 5) is 29.1. The summed E-state index contributed by atoms with van der Waals surface area (Å²) in [5.41, 5.74) is 2.91. The third kappa shape index (κ3) is 3.76. The second-order valence-electron chi connectivity index (χ2n) is 7.75. The quantitative estimate of drug-likeness (QED) is 0.641. The predicted molar refractivity (Wildman–Crippen MR) is 113 cm³/mol. The molecule has 1 N–H and O–H groups in total. The average Bonchev–Trinajstić information content (AvgIpc) is 3.28. The van der Waals surface area contributed by atoms with Crippen LogP contribution in [0, 0.1) is 5.95 Å². The molecular weight excluding hydrogens is 401 g/mol. The highest BCUT2D eigenvalue weighted by Gasteiger charge is 2.30. The van der Waals surface area contributed by atoms with E-state index in [9.17, 15) is 14.3 Å². The number of hydrogen-bond donors (Lipinski definition) is 1. The van der Waals surface area contributed by atoms with E-state index in [0.29, 0.717) is 24.2 Å². The van der Waals surface area contributed by atoms with Crippen molar-refractivity contribution >= 4 is 28.5 Å². The van der Waals surface area contributed by atoms with E-state index in [-0.39, 0.29) is 11.6 Å². The topological polar surface area (TPSA) is 91.7 Å². The largest absolute Gasteiger partial charge is 0.478 e. The maximum atomic E-state index is 13.8. The first-order valence-electron chi connectivity index (χ1n) is 10.3. The van der Waals surface area contributed by atoms with Gasteiger partial charge in [0.25, 0.3) is 0 Å². The van der Waals surface area contributed by atoms with Crippen molar-refractivity contribution in [3.63, 3.8) is 0 Å². The number of carbonyl (C=O) groups is 1. The highest BCUT2D eigenvalue weighted by molar-refractivity contribution is 5.94. The van der Waals surface area contributed by atoms with Crippen molar-refractivity contribution in [3.05, 3.63) is 53.7 Å². The van der Waals surface area contributed by atoms with E-state index in [1.807, 2.05) is 0 Å². The SMILES string of the molecule is O=C(O)c1cc(C2CCCN2c2ccnc(F)c2)c2nc(N3CCOCC3)cnc2c1. The van der Waals surface area contributed by atoms with E-state index in [2.05, 4.69) is 19.8 Å². The van der Waals surface area contributed by atoms with Crippen molar-refractivity contribution in [3.8, 4) is 0 Å². The van der Waals surface area contributed by atoms with Gasteiger partial charge in [-0.3, -0.25) is 4.98 Å². The van der Waals surface area contributed by atoms with Crippen molar-refractivity contribution in [2.24, 2.45) is 0 Å². The highest BCUT2D eigenvalue weighted by Crippen LogP contribution is 2.39. The molecule has 31 heavy (non-hydrogen) atoms. The van der Waals surface area contributed by atoms with E-state index in [1.165, 1.54) is 12.3 Å². The van der Waals surface area contributed by atoms with E-state index in [4.69, 9.17) is 9.72 Å². The van der Waals surface area contributed by atoms with Crippen LogP contribution in [0.2, 0.25) is 0 Å². The zero-order chi connectivity index (χ0) is 21.4. The van der Waals surface area contributed by atoms with Crippen LogP contribution in [0.5, 0.6) is 0 Å². The summed E-state index contributed by atoms with van der Waals surface area (Å²) in [6, 6.07) is 6.30. The Bertz CT molecular complexity index is 1140. The summed E-state index contributed by atoms with van der Waals surface area (Å²) in [5.74, 6) is -0.803. The van der Waals surface area contributed by atoms with Gasteiger partial charge in [0.15, 0.2) is 0 Å². The first-order chi connectivity index (χ1) is 15.1. The number of pyridine rings is 1. The summed E-state index contributed by atoms with van der Waals surface area (Å²) in [5, 5.41) is 9.65. The van der Waals surface area contributed by atoms with Crippen molar-refractivity contribution in [2.75, 3.05) is 42.6 Å². The molecule has 3 aromatic rings. The maximum absolute atomic E-state index is 13.8. The molecule has 2 aliphatic rings. The highest BCUT2D eigenvalue weighted by atomic mass is 19.1. The molecule has 2 aromatic heterocycles. The number of fused-ring (bicyclic) bond motifs is 1. The molecule has 0 saturated carbocycles. The summed E-state index contributed by atoms with van der Waals surface area (Å²) in [6.07, 6.45) is 4.85. The Balaban J connectivity index is 1.63. The molecule has 1 aromatic carbocycles. The van der Waals surface area contributed by atoms with Gasteiger partial charge in [-0.05, 0) is 31.0 Å². The lowest BCUT2D eigenvalue weighted by molar-refractivity contribution is 0.0697. The fourth-order valence-corrected chi connectivity index (χ4v) is 4.42. The predicted octanol–water partition coefficient (Wildman–Crippen LogP) is 3.04. The Kier molecular flexibility index (Phi) is 5.11. The van der Waals surface area contributed by atoms with Gasteiger partial charge in [0.05, 0.1) is 42.0 Å². The number of morpholine rings is 1. The smallest absolute Gasteiger partial charge is 0.335 e. The number of anilines is 2. The Morgan fingerprint density at radius 2 is 2.00 bits per heavy atom. The average molecular weight is 423 g/mol. The molecule has 4 heterocycles. The zero-order valence-electron chi connectivity index (χ0n) is 16.9. The number of nitrogens with zero attached hydrogens (tertiary/aromatic N) is 5. The van der Waals surface area contributed by atoms with Gasteiger partial charge in [-0.25, -0.2) is 14.8 Å². The molecule has 2 aliphatic heterocycles. The number of benzene rings is 1. The number of aromatic nitrogens is 3. The van der Waals surface area contributed by atoms with Gasteiger partial charge in [0.1, 0.15) is 5.82 Å². The van der Waals surface area contributed by atoms with Crippen LogP contribution in [0.15, 0.2) is 36.7 Å². The Hall–Kier alpha value is -3.33. The molecule has 1 atom stereocenters. The standard InChI is InChI=1S/C22H22FN5O3/c23-19-12-15(3-4-24-19)28-5-1-2-18(28)16-10-14(22(29)30)11-17-21(16)26-20(13-25-17)27-6-8-31-9-7-27/h3-4,10-13,18H,1-2,5-9H2,(H,29,30). The van der Waals surface area contributed by atoms with Crippen molar-refractivity contribution in [1.29, 1.82) is 0 Å². The van der Waals surface area contributed by atoms with Gasteiger partial charge in [-0.1, -0.05) is 0 Å². The fourth-order valence-electron chi connectivity index (χ4n) is 4.42. The molecule has 1 unspecified atom stereocenters. The van der Waals surface area contributed by atoms with Gasteiger partial charge in [0.2, 0.25) is 5.95 Å². The number of carboxylic acids is 1. The molecular formula is C22H22FN5O3. The molecule has 0 bridgehead atoms. The van der Waals surface area contributed by atoms with Crippen LogP contribution in [0.3, 0.4) is 0 Å². The molecule has 9 heteroatoms. The second kappa shape index (κ2) is 8.07. The van der Waals surface area contributed by atoms with Gasteiger partial charge in [-0.15, -0.1) is 0 Å². The van der Waals surface area contributed by atoms with Crippen LogP contribution in [-0.4, -0.2) is 58.9 Å². The monoisotopic (exact) mass is 423 g/mol. The zero-order valence-corrected chi connectivity index (χ0v) is 16.9. The fraction of sp³-hybridized carbons (Fsp3) is 0.364. The maximum Gasteiger partial charge on any atom is 0.335 e. The van der Waals surface area contributed by atoms with E-state index in [1.54, 1.807) is 24.4 Å². The van der Waals surface area contributed by atoms with Crippen LogP contribution in [-0.2, 0) is 4.74 Å². The van der Waals surface area contributed by atoms with E-state index < -0.39 is 11.9 Å². The third-order valence-corrected chi connectivity index (χ3v) is 5.90. The van der Waals surface area contributed by atoms with Crippen molar-refractivity contribution < 1.29 is 19.0 Å². The van der Waals surface area contributed by atoms with Crippen molar-refractivity contribution in [2.45, 2.75) is 18.9 Å². The number of halogens is 1. The number of hydrogen-bond acceptors (Lipinski definition) is 7. The van der Waals surface area contributed by atoms with Crippen LogP contribution >= 0.6 is 0 Å². The van der Waals surface area contributed by atoms with E-state index in [0.717, 1.165) is 49.5 Å². The molecule has 2 fully saturated rings. The number of carboxylic acid groups (broad SMARTS) is 1. The first-order valence-corrected chi connectivity index (χ1v) is 10.3. The van der Waals surface area contributed by atoms with Gasteiger partial charge in [0, 0.05) is 43.1 Å². The van der Waals surface area contributed by atoms with Gasteiger partial charge >= 0.3 is 5.97 Å². The minimum absolute atomic E-state index is 0.127. The van der Waals surface area contributed by atoms with E-state index >= 15 is 0 Å². The molecule has 5 rings (SSSR count). The van der Waals surface area contributed by atoms with Crippen LogP contribution < -0.4 is 9.80 Å². The first kappa shape index (κ1) is 19.6. The lowest BCUT2D eigenvalue weighted by atomic mass is 9.99. The van der Waals surface area contributed by atoms with Gasteiger partial charge < -0.3 is 19.6 Å². The lowest BCUT2D eigenvalue weighted by Crippen LogP contribution is -2.36. The molecule has 160 valence electrons. The molecule has 8 nitrogen and oxygen atoms in total. The molecule has 0 spiro atoms. The lowest BCUT2D eigenvalue weighted by Gasteiger charge is -2.29. The number of ether oxygens (including phenoxy) is 1. The minimum atomic E-state index is -1.01. The normalized spacial score (nSPS) is 19.2. The number of rotatable bonds is 4. The van der Waals surface area contributed by atoms with Crippen LogP contribution in [0.4, 0.5) is 15.9 Å². The van der Waals surface area contributed by atoms with Crippen LogP contribution in [0.25, 0.3) is 11.0 Å². The minimum Gasteiger partial charge on any atom is -0.478 e. The Morgan fingerprint density at radius 1 is 1.16 bits per heavy atom. The summed E-state index contributed by atoms with van der Waals surface area (Å²) in [6.45, 7) is 3.47. The van der Waals surface area contributed by atoms with Crippen molar-refractivity contribution in [1.82, 2.24) is 15.0 Å². The van der Waals surface area contributed by atoms with Gasteiger partial charge in [-0.2, -0.15) is 4.39 Å². The summed E-state index contributed by atoms with van der Waals surface area (Å²) < 4.78 is 19.2. The Morgan fingerprint density at radius 3 is 2.77 bits per heavy atom. The molecule has 0 aliphatic carbocycles. The molecule has 2 saturated heterocycles. The summed E-state index contributed by atoms with van der Waals surface area (Å²) in [7, 11) is 0. The Labute approximate surface area is 178 Å². The third-order valence-electron chi connectivity index (χ3n) is 5.90. The molecule has 0 radical (unpaired) electrons. The van der Waals surface area contributed by atoms with Crippen LogP contribution in [0.1, 0.15) is 34.8 Å². The number of aromatic carboxylic acids is 1.